The Bertz CT molecular complexity index is 3130. The van der Waals surface area contributed by atoms with Gasteiger partial charge in [-0.05, 0) is 229 Å². The zero-order chi connectivity index (χ0) is 44.2. The maximum absolute atomic E-state index is 9.27. The second-order valence-corrected chi connectivity index (χ2v) is 21.6. The quantitative estimate of drug-likeness (QED) is 0.137. The Morgan fingerprint density at radius 2 is 0.642 bits per heavy atom. The van der Waals surface area contributed by atoms with Crippen molar-refractivity contribution >= 4 is 87.5 Å². The summed E-state index contributed by atoms with van der Waals surface area (Å²) >= 11 is 7.39. The molecule has 6 atom stereocenters. The molecule has 0 spiro atoms. The molecule has 9 aromatic rings. The Morgan fingerprint density at radius 1 is 0.343 bits per heavy atom. The van der Waals surface area contributed by atoms with E-state index in [1.807, 2.05) is 12.1 Å². The van der Waals surface area contributed by atoms with Crippen molar-refractivity contribution in [2.45, 2.75) is 101 Å². The first kappa shape index (κ1) is 43.3. The Kier molecular flexibility index (Phi) is 11.1. The maximum Gasteiger partial charge on any atom is 0.488 e. The van der Waals surface area contributed by atoms with Crippen LogP contribution in [0.25, 0.3) is 65.3 Å². The van der Waals surface area contributed by atoms with Gasteiger partial charge in [0, 0.05) is 8.95 Å². The third-order valence-corrected chi connectivity index (χ3v) is 18.6. The highest BCUT2D eigenvalue weighted by Crippen LogP contribution is 2.59. The smallest absolute Gasteiger partial charge is 0.423 e. The average Bonchev–Trinajstić information content (AvgIpc) is 4.26. The summed E-state index contributed by atoms with van der Waals surface area (Å²) in [6.07, 6.45) is 11.9. The molecule has 0 aromatic heterocycles. The largest absolute Gasteiger partial charge is 0.488 e. The van der Waals surface area contributed by atoms with Gasteiger partial charge in [-0.15, -0.1) is 0 Å². The van der Waals surface area contributed by atoms with Gasteiger partial charge >= 0.3 is 7.12 Å². The minimum Gasteiger partial charge on any atom is -0.423 e. The van der Waals surface area contributed by atoms with E-state index in [0.29, 0.717) is 11.8 Å². The summed E-state index contributed by atoms with van der Waals surface area (Å²) in [5.41, 5.74) is 15.8. The first-order valence-electron chi connectivity index (χ1n) is 24.4. The third-order valence-electron chi connectivity index (χ3n) is 16.8. The summed E-state index contributed by atoms with van der Waals surface area (Å²) in [7, 11) is -1.30. The van der Waals surface area contributed by atoms with E-state index >= 15 is 0 Å². The SMILES string of the molecule is Brc1c2ccccc2c(Br)c2ccccc12.C.OB(O)c1cccc2c1C1CCC2C1.c1cc(-c2c3ccccc3c(-c3cccc4c3C3CCC4C3)c3ccccc23)c2c(c1)C1CCC2C1. The normalized spacial score (nSPS) is 22.0. The predicted molar refractivity (Wildman–Crippen MR) is 290 cm³/mol. The molecule has 3 saturated carbocycles. The van der Waals surface area contributed by atoms with Gasteiger partial charge in [-0.2, -0.15) is 0 Å². The van der Waals surface area contributed by atoms with Gasteiger partial charge in [0.1, 0.15) is 0 Å². The lowest BCUT2D eigenvalue weighted by atomic mass is 9.72. The van der Waals surface area contributed by atoms with Gasteiger partial charge in [-0.25, -0.2) is 0 Å². The predicted octanol–water partition coefficient (Wildman–Crippen LogP) is 16.9. The van der Waals surface area contributed by atoms with Crippen LogP contribution >= 0.6 is 31.9 Å². The van der Waals surface area contributed by atoms with Crippen molar-refractivity contribution in [2.24, 2.45) is 0 Å². The Labute approximate surface area is 411 Å². The van der Waals surface area contributed by atoms with Crippen LogP contribution in [0.4, 0.5) is 0 Å². The van der Waals surface area contributed by atoms with Crippen molar-refractivity contribution in [1.82, 2.24) is 0 Å². The maximum atomic E-state index is 9.27. The molecule has 332 valence electrons. The van der Waals surface area contributed by atoms with Crippen molar-refractivity contribution in [2.75, 3.05) is 0 Å². The van der Waals surface area contributed by atoms with E-state index in [0.717, 1.165) is 29.1 Å². The van der Waals surface area contributed by atoms with E-state index in [-0.39, 0.29) is 7.43 Å². The molecule has 0 amide bonds. The summed E-state index contributed by atoms with van der Waals surface area (Å²) in [4.78, 5) is 0. The summed E-state index contributed by atoms with van der Waals surface area (Å²) in [6.45, 7) is 0. The van der Waals surface area contributed by atoms with Crippen LogP contribution < -0.4 is 5.46 Å². The molecule has 9 aromatic carbocycles. The Morgan fingerprint density at radius 3 is 1.00 bits per heavy atom. The second-order valence-electron chi connectivity index (χ2n) is 20.0. The lowest BCUT2D eigenvalue weighted by molar-refractivity contribution is 0.425. The van der Waals surface area contributed by atoms with Crippen molar-refractivity contribution in [3.05, 3.63) is 194 Å². The minimum atomic E-state index is -1.30. The van der Waals surface area contributed by atoms with Crippen molar-refractivity contribution in [1.29, 1.82) is 0 Å². The fourth-order valence-corrected chi connectivity index (χ4v) is 15.6. The number of halogens is 2. The van der Waals surface area contributed by atoms with Gasteiger partial charge in [0.05, 0.1) is 0 Å². The molecule has 3 fully saturated rings. The van der Waals surface area contributed by atoms with Gasteiger partial charge in [0.25, 0.3) is 0 Å². The highest BCUT2D eigenvalue weighted by Gasteiger charge is 2.41. The molecule has 0 radical (unpaired) electrons. The zero-order valence-electron chi connectivity index (χ0n) is 37.0. The third kappa shape index (κ3) is 6.85. The van der Waals surface area contributed by atoms with Gasteiger partial charge in [0.2, 0.25) is 0 Å². The molecule has 6 aliphatic carbocycles. The molecule has 2 N–H and O–H groups in total. The highest BCUT2D eigenvalue weighted by atomic mass is 79.9. The first-order valence-corrected chi connectivity index (χ1v) is 25.9. The molecule has 0 aliphatic heterocycles. The van der Waals surface area contributed by atoms with Crippen molar-refractivity contribution in [3.63, 3.8) is 0 Å². The number of rotatable bonds is 3. The molecule has 6 unspecified atom stereocenters. The molecule has 6 bridgehead atoms. The number of fused-ring (bicyclic) bond motifs is 19. The van der Waals surface area contributed by atoms with Crippen molar-refractivity contribution < 1.29 is 10.0 Å². The second kappa shape index (κ2) is 17.2. The summed E-state index contributed by atoms with van der Waals surface area (Å²) in [6, 6.07) is 55.6. The Hall–Kier alpha value is -5.04. The van der Waals surface area contributed by atoms with Crippen LogP contribution in [0.3, 0.4) is 0 Å². The molecule has 0 saturated heterocycles. The summed E-state index contributed by atoms with van der Waals surface area (Å²) < 4.78 is 2.34. The monoisotopic (exact) mass is 1000 g/mol. The summed E-state index contributed by atoms with van der Waals surface area (Å²) in [5, 5.41) is 29.2. The van der Waals surface area contributed by atoms with Crippen LogP contribution in [0.1, 0.15) is 134 Å². The molecule has 15 rings (SSSR count). The Balaban J connectivity index is 0.000000124. The molecule has 6 aliphatic rings. The van der Waals surface area contributed by atoms with Crippen molar-refractivity contribution in [3.8, 4) is 22.3 Å². The van der Waals surface area contributed by atoms with Crippen LogP contribution in [0.5, 0.6) is 0 Å². The van der Waals surface area contributed by atoms with E-state index < -0.39 is 7.12 Å². The number of hydrogen-bond donors (Lipinski definition) is 2. The standard InChI is InChI=1S/C36H30.C14H8Br2.C11H13BO2.CH4/c1-2-8-28-27(7-1)35(31-13-5-11-25-21-15-17-23(19-21)33(25)31)29-9-3-4-10-30(29)36(28)32-14-6-12-26-22-16-18-24(20-22)34(26)32;15-13-9-5-1-2-6-10(9)14(16)12-8-4-3-7-11(12)13;13-12(14)10-3-1-2-9-7-4-5-8(6-7)11(9)10;/h1-14,21-24H,15-20H2;1-8H;1-3,7-8,13-14H,4-6H2;1H4. The number of hydrogen-bond acceptors (Lipinski definition) is 2. The van der Waals surface area contributed by atoms with Gasteiger partial charge in [-0.3, -0.25) is 0 Å². The topological polar surface area (TPSA) is 40.5 Å². The summed E-state index contributed by atoms with van der Waals surface area (Å²) in [5.74, 6) is 4.33. The van der Waals surface area contributed by atoms with Gasteiger partial charge in [0.15, 0.2) is 0 Å². The molecule has 5 heteroatoms. The molecule has 67 heavy (non-hydrogen) atoms. The van der Waals surface area contributed by atoms with Crippen LogP contribution in [0.15, 0.2) is 161 Å². The van der Waals surface area contributed by atoms with Gasteiger partial charge in [-0.1, -0.05) is 159 Å². The first-order chi connectivity index (χ1) is 32.4. The van der Waals surface area contributed by atoms with E-state index in [4.69, 9.17) is 0 Å². The lowest BCUT2D eigenvalue weighted by Gasteiger charge is -2.25. The average molecular weight is 1000 g/mol. The molecular weight excluding hydrogens is 947 g/mol. The van der Waals surface area contributed by atoms with Crippen LogP contribution in [-0.2, 0) is 0 Å². The highest BCUT2D eigenvalue weighted by molar-refractivity contribution is 9.11. The minimum absolute atomic E-state index is 0. The van der Waals surface area contributed by atoms with E-state index in [2.05, 4.69) is 171 Å². The van der Waals surface area contributed by atoms with E-state index in [1.165, 1.54) is 143 Å². The van der Waals surface area contributed by atoms with Crippen LogP contribution in [-0.4, -0.2) is 17.2 Å². The number of benzene rings is 9. The van der Waals surface area contributed by atoms with Gasteiger partial charge < -0.3 is 10.0 Å². The van der Waals surface area contributed by atoms with E-state index in [9.17, 15) is 10.0 Å². The van der Waals surface area contributed by atoms with Crippen LogP contribution in [0.2, 0.25) is 0 Å². The molecule has 2 nitrogen and oxygen atoms in total. The van der Waals surface area contributed by atoms with Crippen LogP contribution in [0, 0.1) is 0 Å². The van der Waals surface area contributed by atoms with E-state index in [1.54, 1.807) is 22.3 Å². The fourth-order valence-electron chi connectivity index (χ4n) is 14.2. The fraction of sp³-hybridized carbons (Fsp3) is 0.258. The molecule has 0 heterocycles. The lowest BCUT2D eigenvalue weighted by Crippen LogP contribution is -2.34. The zero-order valence-corrected chi connectivity index (χ0v) is 40.2. The molecular formula is C62H55BBr2O2.